The number of rotatable bonds is 21. The fourth-order valence-corrected chi connectivity index (χ4v) is 6.05. The number of urea groups is 1. The van der Waals surface area contributed by atoms with Crippen LogP contribution in [-0.2, 0) is 35.3 Å². The number of likely N-dealkylation sites (tertiary alicyclic amines) is 1. The summed E-state index contributed by atoms with van der Waals surface area (Å²) < 4.78 is 5.17. The van der Waals surface area contributed by atoms with Crippen molar-refractivity contribution in [3.63, 3.8) is 0 Å². The first-order chi connectivity index (χ1) is 23.7. The second-order valence-electron chi connectivity index (χ2n) is 12.7. The first-order valence-electron chi connectivity index (χ1n) is 17.1. The highest BCUT2D eigenvalue weighted by Crippen LogP contribution is 2.25. The van der Waals surface area contributed by atoms with Crippen molar-refractivity contribution in [3.8, 4) is 0 Å². The van der Waals surface area contributed by atoms with E-state index in [4.69, 9.17) is 10.5 Å². The van der Waals surface area contributed by atoms with E-state index in [9.17, 15) is 33.6 Å². The summed E-state index contributed by atoms with van der Waals surface area (Å²) in [6.07, 6.45) is 2.06. The van der Waals surface area contributed by atoms with Crippen LogP contribution < -0.4 is 32.3 Å². The number of nitrogens with two attached hydrogens (primary N) is 1. The van der Waals surface area contributed by atoms with E-state index < -0.39 is 36.0 Å². The van der Waals surface area contributed by atoms with Crippen LogP contribution >= 0.6 is 11.8 Å². The number of ether oxygens (including phenoxy) is 1. The Labute approximate surface area is 298 Å². The number of hydrogen-bond donors (Lipinski definition) is 6. The molecular formula is C34H53N7O8S. The van der Waals surface area contributed by atoms with Crippen molar-refractivity contribution in [2.75, 3.05) is 24.2 Å². The Morgan fingerprint density at radius 3 is 2.26 bits per heavy atom. The number of imide groups is 1. The maximum absolute atomic E-state index is 13.4. The van der Waals surface area contributed by atoms with Gasteiger partial charge in [0.2, 0.25) is 29.5 Å². The number of primary amides is 1. The zero-order valence-corrected chi connectivity index (χ0v) is 30.5. The summed E-state index contributed by atoms with van der Waals surface area (Å²) in [7, 11) is 0. The number of carbonyl (C=O) groups is 7. The topological polar surface area (TPSA) is 218 Å². The van der Waals surface area contributed by atoms with Gasteiger partial charge in [0.1, 0.15) is 18.7 Å². The third-order valence-corrected chi connectivity index (χ3v) is 8.83. The van der Waals surface area contributed by atoms with Crippen molar-refractivity contribution >= 4 is 59.1 Å². The van der Waals surface area contributed by atoms with Crippen LogP contribution in [0.2, 0.25) is 0 Å². The third-order valence-electron chi connectivity index (χ3n) is 7.72. The third kappa shape index (κ3) is 15.0. The van der Waals surface area contributed by atoms with Gasteiger partial charge in [-0.25, -0.2) is 9.59 Å². The highest BCUT2D eigenvalue weighted by Gasteiger charge is 2.38. The van der Waals surface area contributed by atoms with Gasteiger partial charge >= 0.3 is 12.1 Å². The number of nitrogens with one attached hydrogen (secondary N) is 5. The molecule has 7 N–H and O–H groups in total. The molecule has 15 nitrogen and oxygen atoms in total. The number of hydrogen-bond acceptors (Lipinski definition) is 9. The Morgan fingerprint density at radius 1 is 0.940 bits per heavy atom. The van der Waals surface area contributed by atoms with Gasteiger partial charge in [0, 0.05) is 37.7 Å². The van der Waals surface area contributed by atoms with E-state index >= 15 is 0 Å². The molecule has 1 aliphatic heterocycles. The zero-order valence-electron chi connectivity index (χ0n) is 29.7. The number of nitrogens with zero attached hydrogens (tertiary/aromatic N) is 1. The van der Waals surface area contributed by atoms with Crippen molar-refractivity contribution in [2.24, 2.45) is 11.7 Å². The highest BCUT2D eigenvalue weighted by molar-refractivity contribution is 8.00. The number of alkyl carbamates (subject to hydrolysis) is 1. The van der Waals surface area contributed by atoms with Gasteiger partial charge in [0.25, 0.3) is 0 Å². The second-order valence-corrected chi connectivity index (χ2v) is 14.2. The molecule has 0 saturated carbocycles. The van der Waals surface area contributed by atoms with E-state index in [1.54, 1.807) is 38.1 Å². The molecule has 278 valence electrons. The quantitative estimate of drug-likeness (QED) is 0.0812. The zero-order chi connectivity index (χ0) is 37.2. The van der Waals surface area contributed by atoms with E-state index in [2.05, 4.69) is 26.6 Å². The average Bonchev–Trinajstić information content (AvgIpc) is 3.31. The lowest BCUT2D eigenvalue weighted by Crippen LogP contribution is -2.54. The molecule has 1 aliphatic rings. The van der Waals surface area contributed by atoms with Crippen LogP contribution in [0.5, 0.6) is 0 Å². The van der Waals surface area contributed by atoms with Gasteiger partial charge in [-0.2, -0.15) is 0 Å². The van der Waals surface area contributed by atoms with E-state index in [0.29, 0.717) is 43.5 Å². The first kappa shape index (κ1) is 41.8. The smallest absolute Gasteiger partial charge is 0.407 e. The summed E-state index contributed by atoms with van der Waals surface area (Å²) in [5.74, 6) is -1.20. The summed E-state index contributed by atoms with van der Waals surface area (Å²) in [6, 6.07) is 4.00. The van der Waals surface area contributed by atoms with Gasteiger partial charge in [-0.05, 0) is 68.9 Å². The normalized spacial score (nSPS) is 15.4. The minimum absolute atomic E-state index is 0.0417. The van der Waals surface area contributed by atoms with Gasteiger partial charge in [0.15, 0.2) is 0 Å². The molecule has 0 bridgehead atoms. The van der Waals surface area contributed by atoms with Crippen molar-refractivity contribution in [1.82, 2.24) is 26.2 Å². The molecule has 1 fully saturated rings. The molecule has 3 atom stereocenters. The number of benzene rings is 1. The molecule has 2 rings (SSSR count). The standard InChI is InChI=1S/C34H53N7O8S/c1-6-50-26-19-28(43)41(32(26)46)18-9-7-8-12-27(42)40-29(21(2)3)31(45)39-25(11-10-17-36-33(35)47)30(44)38-24-15-13-23(14-16-24)20-49-34(48)37-22(4)5/h13-16,21-22,25-26,29H,6-12,17-20H2,1-5H3,(H,37,48)(H,38,44)(H,39,45)(H,40,42)(H3,35,36,47)/t25-,26?,29-/m0/s1. The summed E-state index contributed by atoms with van der Waals surface area (Å²) in [4.78, 5) is 88.4. The lowest BCUT2D eigenvalue weighted by atomic mass is 10.0. The van der Waals surface area contributed by atoms with Gasteiger partial charge in [-0.15, -0.1) is 11.8 Å². The Hall–Kier alpha value is -4.34. The fraction of sp³-hybridized carbons (Fsp3) is 0.618. The van der Waals surface area contributed by atoms with Crippen LogP contribution in [0.3, 0.4) is 0 Å². The van der Waals surface area contributed by atoms with Crippen molar-refractivity contribution < 1.29 is 38.3 Å². The molecule has 16 heteroatoms. The van der Waals surface area contributed by atoms with Crippen LogP contribution in [-0.4, -0.2) is 88.8 Å². The van der Waals surface area contributed by atoms with Gasteiger partial charge in [-0.3, -0.25) is 28.9 Å². The molecule has 1 unspecified atom stereocenters. The SMILES string of the molecule is CCSC1CC(=O)N(CCCCCC(=O)N[C@H](C(=O)N[C@@H](CCCNC(N)=O)C(=O)Nc2ccc(COC(=O)NC(C)C)cc2)C(C)C)C1=O. The molecule has 1 aromatic rings. The molecule has 1 aromatic carbocycles. The van der Waals surface area contributed by atoms with Gasteiger partial charge < -0.3 is 37.1 Å². The Balaban J connectivity index is 1.93. The first-order valence-corrected chi connectivity index (χ1v) is 18.2. The molecule has 0 aliphatic carbocycles. The maximum Gasteiger partial charge on any atom is 0.407 e. The summed E-state index contributed by atoms with van der Waals surface area (Å²) in [6.45, 7) is 9.71. The van der Waals surface area contributed by atoms with Crippen LogP contribution in [0, 0.1) is 5.92 Å². The lowest BCUT2D eigenvalue weighted by molar-refractivity contribution is -0.138. The summed E-state index contributed by atoms with van der Waals surface area (Å²) >= 11 is 1.47. The fourth-order valence-electron chi connectivity index (χ4n) is 5.12. The van der Waals surface area contributed by atoms with Gasteiger partial charge in [0.05, 0.1) is 5.25 Å². The second kappa shape index (κ2) is 21.7. The summed E-state index contributed by atoms with van der Waals surface area (Å²) in [5, 5.41) is 13.1. The van der Waals surface area contributed by atoms with Crippen molar-refractivity contribution in [2.45, 2.75) is 110 Å². The summed E-state index contributed by atoms with van der Waals surface area (Å²) in [5.41, 5.74) is 6.30. The molecule has 8 amide bonds. The number of anilines is 1. The van der Waals surface area contributed by atoms with E-state index in [-0.39, 0.29) is 67.3 Å². The van der Waals surface area contributed by atoms with Crippen molar-refractivity contribution in [3.05, 3.63) is 29.8 Å². The van der Waals surface area contributed by atoms with Crippen LogP contribution in [0.25, 0.3) is 0 Å². The van der Waals surface area contributed by atoms with E-state index in [1.165, 1.54) is 16.7 Å². The number of carbonyl (C=O) groups excluding carboxylic acids is 7. The van der Waals surface area contributed by atoms with E-state index in [1.807, 2.05) is 20.8 Å². The van der Waals surface area contributed by atoms with E-state index in [0.717, 1.165) is 5.75 Å². The highest BCUT2D eigenvalue weighted by atomic mass is 32.2. The number of thioether (sulfide) groups is 1. The van der Waals surface area contributed by atoms with Crippen LogP contribution in [0.15, 0.2) is 24.3 Å². The average molecular weight is 720 g/mol. The minimum atomic E-state index is -0.996. The monoisotopic (exact) mass is 719 g/mol. The maximum atomic E-state index is 13.4. The number of unbranched alkanes of at least 4 members (excludes halogenated alkanes) is 2. The van der Waals surface area contributed by atoms with Crippen LogP contribution in [0.4, 0.5) is 15.3 Å². The predicted molar refractivity (Wildman–Crippen MR) is 191 cm³/mol. The largest absolute Gasteiger partial charge is 0.445 e. The molecule has 0 spiro atoms. The predicted octanol–water partition coefficient (Wildman–Crippen LogP) is 2.77. The molecule has 1 heterocycles. The molecule has 0 radical (unpaired) electrons. The van der Waals surface area contributed by atoms with Gasteiger partial charge in [-0.1, -0.05) is 39.3 Å². The van der Waals surface area contributed by atoms with Crippen molar-refractivity contribution in [1.29, 1.82) is 0 Å². The van der Waals surface area contributed by atoms with Crippen LogP contribution in [0.1, 0.15) is 85.1 Å². The Morgan fingerprint density at radius 2 is 1.64 bits per heavy atom. The number of amides is 8. The molecule has 0 aromatic heterocycles. The molecular weight excluding hydrogens is 666 g/mol. The molecule has 1 saturated heterocycles. The minimum Gasteiger partial charge on any atom is -0.445 e. The lowest BCUT2D eigenvalue weighted by Gasteiger charge is -2.25. The Bertz CT molecular complexity index is 1320. The Kier molecular flexibility index (Phi) is 18.1. The molecule has 50 heavy (non-hydrogen) atoms.